The molecule has 1 aromatic carbocycles. The number of nitrogens with one attached hydrogen (secondary N) is 1. The SMILES string of the molecule is C=CC[C@@H]1NC(C)(C)Cc2ccccc21. The largest absolute Gasteiger partial charge is 0.304 e. The highest BCUT2D eigenvalue weighted by Crippen LogP contribution is 2.31. The van der Waals surface area contributed by atoms with E-state index in [4.69, 9.17) is 0 Å². The highest BCUT2D eigenvalue weighted by atomic mass is 15.0. The zero-order chi connectivity index (χ0) is 10.9. The molecular weight excluding hydrogens is 182 g/mol. The lowest BCUT2D eigenvalue weighted by molar-refractivity contribution is 0.310. The van der Waals surface area contributed by atoms with E-state index in [-0.39, 0.29) is 5.54 Å². The minimum absolute atomic E-state index is 0.196. The molecule has 0 unspecified atom stereocenters. The summed E-state index contributed by atoms with van der Waals surface area (Å²) in [5.41, 5.74) is 3.12. The molecule has 1 heteroatoms. The topological polar surface area (TPSA) is 12.0 Å². The molecule has 0 saturated carbocycles. The van der Waals surface area contributed by atoms with Crippen LogP contribution < -0.4 is 5.32 Å². The van der Waals surface area contributed by atoms with Gasteiger partial charge in [0.2, 0.25) is 0 Å². The van der Waals surface area contributed by atoms with Gasteiger partial charge in [-0.25, -0.2) is 0 Å². The first-order chi connectivity index (χ1) is 7.12. The van der Waals surface area contributed by atoms with Crippen LogP contribution in [0.3, 0.4) is 0 Å². The van der Waals surface area contributed by atoms with Crippen LogP contribution >= 0.6 is 0 Å². The molecule has 0 spiro atoms. The molecule has 1 nitrogen and oxygen atoms in total. The zero-order valence-electron chi connectivity index (χ0n) is 9.59. The molecule has 1 N–H and O–H groups in total. The first kappa shape index (κ1) is 10.4. The standard InChI is InChI=1S/C14H19N/c1-4-7-13-12-9-6-5-8-11(12)10-14(2,3)15-13/h4-6,8-9,13,15H,1,7,10H2,2-3H3/t13-/m0/s1. The van der Waals surface area contributed by atoms with Crippen molar-refractivity contribution in [3.8, 4) is 0 Å². The van der Waals surface area contributed by atoms with Gasteiger partial charge in [0, 0.05) is 11.6 Å². The number of hydrogen-bond acceptors (Lipinski definition) is 1. The van der Waals surface area contributed by atoms with Gasteiger partial charge in [0.05, 0.1) is 0 Å². The maximum atomic E-state index is 3.84. The van der Waals surface area contributed by atoms with Crippen LogP contribution in [0.25, 0.3) is 0 Å². The van der Waals surface area contributed by atoms with Gasteiger partial charge in [-0.1, -0.05) is 30.3 Å². The summed E-state index contributed by atoms with van der Waals surface area (Å²) in [5.74, 6) is 0. The molecule has 1 heterocycles. The summed E-state index contributed by atoms with van der Waals surface area (Å²) in [7, 11) is 0. The lowest BCUT2D eigenvalue weighted by Crippen LogP contribution is -2.47. The summed E-state index contributed by atoms with van der Waals surface area (Å²) in [6.45, 7) is 8.36. The van der Waals surface area contributed by atoms with Gasteiger partial charge >= 0.3 is 0 Å². The van der Waals surface area contributed by atoms with E-state index in [2.05, 4.69) is 50.0 Å². The molecule has 1 aliphatic heterocycles. The van der Waals surface area contributed by atoms with Crippen molar-refractivity contribution in [2.24, 2.45) is 0 Å². The Kier molecular flexibility index (Phi) is 2.66. The normalized spacial score (nSPS) is 23.2. The molecular formula is C14H19N. The number of rotatable bonds is 2. The highest BCUT2D eigenvalue weighted by molar-refractivity contribution is 5.34. The van der Waals surface area contributed by atoms with Crippen molar-refractivity contribution in [2.45, 2.75) is 38.3 Å². The summed E-state index contributed by atoms with van der Waals surface area (Å²) >= 11 is 0. The van der Waals surface area contributed by atoms with Crippen molar-refractivity contribution in [2.75, 3.05) is 0 Å². The van der Waals surface area contributed by atoms with E-state index in [1.54, 1.807) is 0 Å². The Morgan fingerprint density at radius 2 is 2.20 bits per heavy atom. The molecule has 0 radical (unpaired) electrons. The quantitative estimate of drug-likeness (QED) is 0.724. The van der Waals surface area contributed by atoms with Gasteiger partial charge in [-0.05, 0) is 37.8 Å². The molecule has 0 amide bonds. The Morgan fingerprint density at radius 3 is 2.93 bits per heavy atom. The van der Waals surface area contributed by atoms with Crippen LogP contribution in [0.4, 0.5) is 0 Å². The minimum Gasteiger partial charge on any atom is -0.304 e. The van der Waals surface area contributed by atoms with Crippen LogP contribution in [0.1, 0.15) is 37.4 Å². The summed E-state index contributed by atoms with van der Waals surface area (Å²) in [6, 6.07) is 9.15. The lowest BCUT2D eigenvalue weighted by Gasteiger charge is -2.38. The van der Waals surface area contributed by atoms with Gasteiger partial charge < -0.3 is 5.32 Å². The maximum absolute atomic E-state index is 3.84. The fourth-order valence-electron chi connectivity index (χ4n) is 2.46. The van der Waals surface area contributed by atoms with E-state index in [9.17, 15) is 0 Å². The molecule has 0 aromatic heterocycles. The summed E-state index contributed by atoms with van der Waals surface area (Å²) in [5, 5.41) is 3.68. The van der Waals surface area contributed by atoms with Gasteiger partial charge in [0.25, 0.3) is 0 Å². The smallest absolute Gasteiger partial charge is 0.0362 e. The molecule has 1 atom stereocenters. The van der Waals surface area contributed by atoms with Crippen molar-refractivity contribution in [1.29, 1.82) is 0 Å². The van der Waals surface area contributed by atoms with Gasteiger partial charge in [-0.3, -0.25) is 0 Å². The second-order valence-electron chi connectivity index (χ2n) is 4.98. The first-order valence-corrected chi connectivity index (χ1v) is 5.59. The molecule has 0 saturated heterocycles. The van der Waals surface area contributed by atoms with Gasteiger partial charge in [0.1, 0.15) is 0 Å². The Labute approximate surface area is 92.2 Å². The molecule has 80 valence electrons. The molecule has 1 aromatic rings. The number of hydrogen-bond donors (Lipinski definition) is 1. The van der Waals surface area contributed by atoms with Gasteiger partial charge in [0.15, 0.2) is 0 Å². The molecule has 0 aliphatic carbocycles. The van der Waals surface area contributed by atoms with Crippen LogP contribution in [0.2, 0.25) is 0 Å². The van der Waals surface area contributed by atoms with Crippen molar-refractivity contribution < 1.29 is 0 Å². The highest BCUT2D eigenvalue weighted by Gasteiger charge is 2.29. The second-order valence-corrected chi connectivity index (χ2v) is 4.98. The third-order valence-electron chi connectivity index (χ3n) is 3.03. The van der Waals surface area contributed by atoms with Crippen molar-refractivity contribution in [1.82, 2.24) is 5.32 Å². The predicted molar refractivity (Wildman–Crippen MR) is 64.9 cm³/mol. The molecule has 2 rings (SSSR count). The Bertz CT molecular complexity index is 365. The molecule has 0 fully saturated rings. The van der Waals surface area contributed by atoms with E-state index >= 15 is 0 Å². The third kappa shape index (κ3) is 2.13. The van der Waals surface area contributed by atoms with E-state index in [1.807, 2.05) is 6.08 Å². The van der Waals surface area contributed by atoms with Gasteiger partial charge in [-0.15, -0.1) is 6.58 Å². The van der Waals surface area contributed by atoms with Crippen LogP contribution in [0.15, 0.2) is 36.9 Å². The van der Waals surface area contributed by atoms with Crippen LogP contribution in [-0.2, 0) is 6.42 Å². The second kappa shape index (κ2) is 3.82. The summed E-state index contributed by atoms with van der Waals surface area (Å²) in [4.78, 5) is 0. The number of benzene rings is 1. The van der Waals surface area contributed by atoms with Crippen molar-refractivity contribution >= 4 is 0 Å². The first-order valence-electron chi connectivity index (χ1n) is 5.59. The summed E-state index contributed by atoms with van der Waals surface area (Å²) in [6.07, 6.45) is 4.10. The Balaban J connectivity index is 2.38. The van der Waals surface area contributed by atoms with Crippen LogP contribution in [0, 0.1) is 0 Å². The Morgan fingerprint density at radius 1 is 1.47 bits per heavy atom. The van der Waals surface area contributed by atoms with Crippen LogP contribution in [-0.4, -0.2) is 5.54 Å². The molecule has 1 aliphatic rings. The zero-order valence-corrected chi connectivity index (χ0v) is 9.59. The fraction of sp³-hybridized carbons (Fsp3) is 0.429. The maximum Gasteiger partial charge on any atom is 0.0362 e. The van der Waals surface area contributed by atoms with E-state index in [1.165, 1.54) is 11.1 Å². The van der Waals surface area contributed by atoms with E-state index < -0.39 is 0 Å². The summed E-state index contributed by atoms with van der Waals surface area (Å²) < 4.78 is 0. The number of fused-ring (bicyclic) bond motifs is 1. The van der Waals surface area contributed by atoms with Crippen molar-refractivity contribution in [3.63, 3.8) is 0 Å². The third-order valence-corrected chi connectivity index (χ3v) is 3.03. The van der Waals surface area contributed by atoms with E-state index in [0.29, 0.717) is 6.04 Å². The average molecular weight is 201 g/mol. The van der Waals surface area contributed by atoms with E-state index in [0.717, 1.165) is 12.8 Å². The van der Waals surface area contributed by atoms with Crippen molar-refractivity contribution in [3.05, 3.63) is 48.0 Å². The Hall–Kier alpha value is -1.08. The monoisotopic (exact) mass is 201 g/mol. The molecule has 0 bridgehead atoms. The van der Waals surface area contributed by atoms with Gasteiger partial charge in [-0.2, -0.15) is 0 Å². The lowest BCUT2D eigenvalue weighted by atomic mass is 9.83. The fourth-order valence-corrected chi connectivity index (χ4v) is 2.46. The average Bonchev–Trinajstić information content (AvgIpc) is 2.16. The predicted octanol–water partition coefficient (Wildman–Crippen LogP) is 3.23. The minimum atomic E-state index is 0.196. The van der Waals surface area contributed by atoms with Crippen LogP contribution in [0.5, 0.6) is 0 Å². The molecule has 15 heavy (non-hydrogen) atoms.